The van der Waals surface area contributed by atoms with Crippen LogP contribution in [-0.2, 0) is 0 Å². The highest BCUT2D eigenvalue weighted by molar-refractivity contribution is 6.09. The van der Waals surface area contributed by atoms with Gasteiger partial charge in [-0.2, -0.15) is 0 Å². The molecule has 0 bridgehead atoms. The molecule has 0 atom stereocenters. The van der Waals surface area contributed by atoms with E-state index >= 15 is 0 Å². The lowest BCUT2D eigenvalue weighted by Crippen LogP contribution is -2.09. The minimum Gasteiger partial charge on any atom is -0.451 e. The van der Waals surface area contributed by atoms with Crippen molar-refractivity contribution in [3.8, 4) is 0 Å². The highest BCUT2D eigenvalue weighted by Gasteiger charge is 2.15. The van der Waals surface area contributed by atoms with Crippen LogP contribution in [0.25, 0.3) is 21.9 Å². The Morgan fingerprint density at radius 1 is 0.773 bits per heavy atom. The van der Waals surface area contributed by atoms with Gasteiger partial charge in [0.2, 0.25) is 0 Å². The quantitative estimate of drug-likeness (QED) is 0.485. The van der Waals surface area contributed by atoms with Crippen molar-refractivity contribution in [2.45, 2.75) is 0 Å². The van der Waals surface area contributed by atoms with Gasteiger partial charge in [-0.25, -0.2) is 4.39 Å². The minimum atomic E-state index is -0.331. The van der Waals surface area contributed by atoms with Crippen LogP contribution in [0.2, 0.25) is 0 Å². The number of hydrogen-bond donors (Lipinski definition) is 0. The van der Waals surface area contributed by atoms with E-state index < -0.39 is 0 Å². The zero-order chi connectivity index (χ0) is 15.1. The van der Waals surface area contributed by atoms with Crippen LogP contribution >= 0.6 is 0 Å². The lowest BCUT2D eigenvalue weighted by atomic mass is 10.1. The van der Waals surface area contributed by atoms with Gasteiger partial charge in [0.25, 0.3) is 0 Å². The number of para-hydroxylation sites is 3. The number of fused-ring (bicyclic) bond motifs is 3. The van der Waals surface area contributed by atoms with Crippen molar-refractivity contribution in [1.82, 2.24) is 0 Å². The van der Waals surface area contributed by atoms with Crippen molar-refractivity contribution >= 4 is 33.3 Å². The van der Waals surface area contributed by atoms with E-state index in [1.165, 1.54) is 6.07 Å². The summed E-state index contributed by atoms with van der Waals surface area (Å²) in [5.74, 6) is -0.331. The SMILES string of the molecule is CN(c1ccccc1)c1cccc2c1oc1c(F)cccc12. The lowest BCUT2D eigenvalue weighted by Gasteiger charge is -2.19. The molecule has 108 valence electrons. The Labute approximate surface area is 127 Å². The minimum absolute atomic E-state index is 0.311. The topological polar surface area (TPSA) is 16.4 Å². The maximum Gasteiger partial charge on any atom is 0.171 e. The van der Waals surface area contributed by atoms with Crippen molar-refractivity contribution in [3.63, 3.8) is 0 Å². The molecular formula is C19H14FNO. The molecule has 0 aliphatic rings. The molecule has 0 aliphatic carbocycles. The average molecular weight is 291 g/mol. The van der Waals surface area contributed by atoms with Gasteiger partial charge in [0.1, 0.15) is 0 Å². The highest BCUT2D eigenvalue weighted by Crippen LogP contribution is 2.37. The molecule has 0 N–H and O–H groups in total. The molecule has 1 aromatic heterocycles. The predicted octanol–water partition coefficient (Wildman–Crippen LogP) is 5.49. The fourth-order valence-electron chi connectivity index (χ4n) is 2.83. The molecule has 3 aromatic carbocycles. The molecule has 4 rings (SSSR count). The van der Waals surface area contributed by atoms with Gasteiger partial charge in [0.05, 0.1) is 5.69 Å². The molecule has 1 heterocycles. The Morgan fingerprint density at radius 3 is 2.23 bits per heavy atom. The zero-order valence-electron chi connectivity index (χ0n) is 12.1. The Balaban J connectivity index is 1.99. The summed E-state index contributed by atoms with van der Waals surface area (Å²) in [5, 5.41) is 1.73. The van der Waals surface area contributed by atoms with Crippen LogP contribution in [0, 0.1) is 5.82 Å². The molecule has 0 fully saturated rings. The molecule has 2 nitrogen and oxygen atoms in total. The number of halogens is 1. The number of rotatable bonds is 2. The van der Waals surface area contributed by atoms with Crippen LogP contribution in [0.3, 0.4) is 0 Å². The molecule has 0 unspecified atom stereocenters. The van der Waals surface area contributed by atoms with Gasteiger partial charge in [-0.05, 0) is 24.3 Å². The van der Waals surface area contributed by atoms with Crippen LogP contribution in [0.4, 0.5) is 15.8 Å². The van der Waals surface area contributed by atoms with Crippen LogP contribution in [-0.4, -0.2) is 7.05 Å². The average Bonchev–Trinajstić information content (AvgIpc) is 2.95. The molecule has 22 heavy (non-hydrogen) atoms. The van der Waals surface area contributed by atoms with E-state index in [9.17, 15) is 4.39 Å². The summed E-state index contributed by atoms with van der Waals surface area (Å²) >= 11 is 0. The second-order valence-corrected chi connectivity index (χ2v) is 5.27. The second kappa shape index (κ2) is 4.88. The maximum absolute atomic E-state index is 14.0. The van der Waals surface area contributed by atoms with Gasteiger partial charge in [0.15, 0.2) is 17.0 Å². The standard InChI is InChI=1S/C19H14FNO/c1-21(13-7-3-2-4-8-13)17-12-6-10-15-14-9-5-11-16(20)18(14)22-19(15)17/h2-12H,1H3. The fourth-order valence-corrected chi connectivity index (χ4v) is 2.83. The smallest absolute Gasteiger partial charge is 0.171 e. The molecule has 0 saturated heterocycles. The van der Waals surface area contributed by atoms with Crippen LogP contribution in [0.5, 0.6) is 0 Å². The molecular weight excluding hydrogens is 277 g/mol. The summed E-state index contributed by atoms with van der Waals surface area (Å²) in [5.41, 5.74) is 2.98. The summed E-state index contributed by atoms with van der Waals surface area (Å²) in [6.45, 7) is 0. The number of nitrogens with zero attached hydrogens (tertiary/aromatic N) is 1. The lowest BCUT2D eigenvalue weighted by molar-refractivity contribution is 0.584. The van der Waals surface area contributed by atoms with E-state index in [0.29, 0.717) is 11.2 Å². The fraction of sp³-hybridized carbons (Fsp3) is 0.0526. The normalized spacial score (nSPS) is 11.2. The van der Waals surface area contributed by atoms with Gasteiger partial charge in [-0.1, -0.05) is 42.5 Å². The van der Waals surface area contributed by atoms with Crippen molar-refractivity contribution in [2.75, 3.05) is 11.9 Å². The third-order valence-electron chi connectivity index (χ3n) is 3.96. The van der Waals surface area contributed by atoms with Crippen molar-refractivity contribution in [1.29, 1.82) is 0 Å². The first-order chi connectivity index (χ1) is 10.8. The first kappa shape index (κ1) is 12.9. The van der Waals surface area contributed by atoms with Crippen molar-refractivity contribution in [2.24, 2.45) is 0 Å². The summed E-state index contributed by atoms with van der Waals surface area (Å²) in [6.07, 6.45) is 0. The Morgan fingerprint density at radius 2 is 1.45 bits per heavy atom. The number of hydrogen-bond acceptors (Lipinski definition) is 2. The van der Waals surface area contributed by atoms with E-state index in [1.54, 1.807) is 6.07 Å². The summed E-state index contributed by atoms with van der Waals surface area (Å²) in [7, 11) is 1.98. The highest BCUT2D eigenvalue weighted by atomic mass is 19.1. The molecule has 4 aromatic rings. The van der Waals surface area contributed by atoms with Gasteiger partial charge in [0, 0.05) is 23.5 Å². The van der Waals surface area contributed by atoms with E-state index in [-0.39, 0.29) is 5.82 Å². The molecule has 0 saturated carbocycles. The van der Waals surface area contributed by atoms with Gasteiger partial charge in [-0.3, -0.25) is 0 Å². The van der Waals surface area contributed by atoms with Gasteiger partial charge >= 0.3 is 0 Å². The Kier molecular flexibility index (Phi) is 2.86. The van der Waals surface area contributed by atoms with E-state index in [0.717, 1.165) is 22.1 Å². The first-order valence-corrected chi connectivity index (χ1v) is 7.14. The first-order valence-electron chi connectivity index (χ1n) is 7.14. The van der Waals surface area contributed by atoms with E-state index in [4.69, 9.17) is 4.42 Å². The number of furan rings is 1. The zero-order valence-corrected chi connectivity index (χ0v) is 12.1. The summed E-state index contributed by atoms with van der Waals surface area (Å²) in [6, 6.07) is 20.9. The van der Waals surface area contributed by atoms with E-state index in [2.05, 4.69) is 0 Å². The Bertz CT molecular complexity index is 959. The van der Waals surface area contributed by atoms with Gasteiger partial charge < -0.3 is 9.32 Å². The van der Waals surface area contributed by atoms with Crippen LogP contribution in [0.1, 0.15) is 0 Å². The Hall–Kier alpha value is -2.81. The number of benzene rings is 3. The molecule has 3 heteroatoms. The molecule has 0 radical (unpaired) electrons. The van der Waals surface area contributed by atoms with Crippen LogP contribution in [0.15, 0.2) is 71.1 Å². The van der Waals surface area contributed by atoms with Crippen molar-refractivity contribution < 1.29 is 8.81 Å². The molecule has 0 spiro atoms. The maximum atomic E-state index is 14.0. The second-order valence-electron chi connectivity index (χ2n) is 5.27. The summed E-state index contributed by atoms with van der Waals surface area (Å²) in [4.78, 5) is 2.04. The number of anilines is 2. The van der Waals surface area contributed by atoms with Gasteiger partial charge in [-0.15, -0.1) is 0 Å². The molecule has 0 aliphatic heterocycles. The predicted molar refractivity (Wildman–Crippen MR) is 88.2 cm³/mol. The third kappa shape index (κ3) is 1.86. The largest absolute Gasteiger partial charge is 0.451 e. The monoisotopic (exact) mass is 291 g/mol. The molecule has 0 amide bonds. The van der Waals surface area contributed by atoms with Crippen LogP contribution < -0.4 is 4.90 Å². The third-order valence-corrected chi connectivity index (χ3v) is 3.96. The summed E-state index contributed by atoms with van der Waals surface area (Å²) < 4.78 is 19.8. The van der Waals surface area contributed by atoms with Crippen molar-refractivity contribution in [3.05, 3.63) is 72.5 Å². The van der Waals surface area contributed by atoms with E-state index in [1.807, 2.05) is 66.5 Å².